The van der Waals surface area contributed by atoms with Gasteiger partial charge in [0.25, 0.3) is 5.69 Å². The third-order valence-corrected chi connectivity index (χ3v) is 3.85. The van der Waals surface area contributed by atoms with Crippen molar-refractivity contribution in [2.75, 3.05) is 5.32 Å². The van der Waals surface area contributed by atoms with Crippen LogP contribution >= 0.6 is 0 Å². The number of hydrogen-bond donors (Lipinski definition) is 2. The van der Waals surface area contributed by atoms with Crippen LogP contribution in [0, 0.1) is 10.1 Å². The highest BCUT2D eigenvalue weighted by Crippen LogP contribution is 2.36. The van der Waals surface area contributed by atoms with Crippen LogP contribution in [0.15, 0.2) is 18.2 Å². The quantitative estimate of drug-likeness (QED) is 0.650. The van der Waals surface area contributed by atoms with Gasteiger partial charge in [0, 0.05) is 11.6 Å². The highest BCUT2D eigenvalue weighted by Gasteiger charge is 2.31. The molecule has 1 fully saturated rings. The molecule has 20 heavy (non-hydrogen) atoms. The van der Waals surface area contributed by atoms with E-state index in [1.807, 2.05) is 6.92 Å². The molecule has 0 aromatic heterocycles. The summed E-state index contributed by atoms with van der Waals surface area (Å²) in [6, 6.07) is 4.13. The Labute approximate surface area is 117 Å². The Morgan fingerprint density at radius 2 is 2.00 bits per heavy atom. The van der Waals surface area contributed by atoms with Crippen LogP contribution in [-0.4, -0.2) is 21.5 Å². The number of carboxylic acids is 1. The Morgan fingerprint density at radius 3 is 2.55 bits per heavy atom. The van der Waals surface area contributed by atoms with Crippen molar-refractivity contribution < 1.29 is 14.8 Å². The predicted molar refractivity (Wildman–Crippen MR) is 75.2 cm³/mol. The number of rotatable bonds is 4. The third kappa shape index (κ3) is 2.89. The molecule has 2 rings (SSSR count). The van der Waals surface area contributed by atoms with Crippen LogP contribution in [0.5, 0.6) is 0 Å². The third-order valence-electron chi connectivity index (χ3n) is 3.85. The molecule has 1 aliphatic carbocycles. The summed E-state index contributed by atoms with van der Waals surface area (Å²) in [5, 5.41) is 23.5. The molecule has 1 aromatic rings. The molecule has 1 aliphatic rings. The van der Waals surface area contributed by atoms with Gasteiger partial charge in [-0.05, 0) is 25.8 Å². The Kier molecular flexibility index (Phi) is 3.92. The van der Waals surface area contributed by atoms with E-state index in [1.54, 1.807) is 0 Å². The fourth-order valence-corrected chi connectivity index (χ4v) is 2.76. The lowest BCUT2D eigenvalue weighted by Gasteiger charge is -2.35. The molecule has 6 heteroatoms. The van der Waals surface area contributed by atoms with Crippen LogP contribution in [0.4, 0.5) is 11.4 Å². The fourth-order valence-electron chi connectivity index (χ4n) is 2.76. The second-order valence-corrected chi connectivity index (χ2v) is 5.51. The summed E-state index contributed by atoms with van der Waals surface area (Å²) >= 11 is 0. The van der Waals surface area contributed by atoms with Crippen LogP contribution in [0.25, 0.3) is 0 Å². The molecule has 0 atom stereocenters. The average molecular weight is 278 g/mol. The Balaban J connectivity index is 2.42. The summed E-state index contributed by atoms with van der Waals surface area (Å²) in [6.45, 7) is 1.99. The lowest BCUT2D eigenvalue weighted by molar-refractivity contribution is -0.384. The van der Waals surface area contributed by atoms with E-state index in [2.05, 4.69) is 5.32 Å². The summed E-state index contributed by atoms with van der Waals surface area (Å²) in [7, 11) is 0. The van der Waals surface area contributed by atoms with Gasteiger partial charge in [0.2, 0.25) is 0 Å². The van der Waals surface area contributed by atoms with Crippen LogP contribution in [0.2, 0.25) is 0 Å². The molecule has 1 saturated carbocycles. The molecule has 0 heterocycles. The number of aromatic carboxylic acids is 1. The van der Waals surface area contributed by atoms with Gasteiger partial charge < -0.3 is 10.4 Å². The molecule has 0 aliphatic heterocycles. The Hall–Kier alpha value is -2.11. The molecule has 108 valence electrons. The minimum Gasteiger partial charge on any atom is -0.478 e. The molecular weight excluding hydrogens is 260 g/mol. The molecule has 0 saturated heterocycles. The molecule has 0 amide bonds. The monoisotopic (exact) mass is 278 g/mol. The molecule has 0 radical (unpaired) electrons. The average Bonchev–Trinajstić information content (AvgIpc) is 2.38. The van der Waals surface area contributed by atoms with Crippen molar-refractivity contribution in [3.05, 3.63) is 33.9 Å². The van der Waals surface area contributed by atoms with Crippen LogP contribution in [0.3, 0.4) is 0 Å². The van der Waals surface area contributed by atoms with Gasteiger partial charge in [-0.15, -0.1) is 0 Å². The molecular formula is C14H18N2O4. The number of carboxylic acid groups (broad SMARTS) is 1. The summed E-state index contributed by atoms with van der Waals surface area (Å²) in [4.78, 5) is 21.9. The predicted octanol–water partition coefficient (Wildman–Crippen LogP) is 3.43. The maximum absolute atomic E-state index is 11.3. The van der Waals surface area contributed by atoms with Crippen molar-refractivity contribution >= 4 is 17.3 Å². The number of nitrogens with zero attached hydrogens (tertiary/aromatic N) is 1. The smallest absolute Gasteiger partial charge is 0.338 e. The van der Waals surface area contributed by atoms with Crippen molar-refractivity contribution in [1.29, 1.82) is 0 Å². The van der Waals surface area contributed by atoms with Gasteiger partial charge in [0.1, 0.15) is 5.69 Å². The summed E-state index contributed by atoms with van der Waals surface area (Å²) in [5.41, 5.74) is -0.397. The second-order valence-electron chi connectivity index (χ2n) is 5.51. The van der Waals surface area contributed by atoms with Crippen LogP contribution < -0.4 is 5.32 Å². The maximum Gasteiger partial charge on any atom is 0.338 e. The minimum atomic E-state index is -1.16. The lowest BCUT2D eigenvalue weighted by Crippen LogP contribution is -2.37. The first-order valence-electron chi connectivity index (χ1n) is 6.72. The first-order chi connectivity index (χ1) is 9.43. The molecule has 2 N–H and O–H groups in total. The van der Waals surface area contributed by atoms with Crippen molar-refractivity contribution in [3.8, 4) is 0 Å². The number of hydrogen-bond acceptors (Lipinski definition) is 4. The number of nitro groups is 1. The zero-order valence-corrected chi connectivity index (χ0v) is 11.4. The van der Waals surface area contributed by atoms with E-state index >= 15 is 0 Å². The van der Waals surface area contributed by atoms with Crippen LogP contribution in [0.1, 0.15) is 49.4 Å². The molecule has 0 bridgehead atoms. The molecule has 6 nitrogen and oxygen atoms in total. The van der Waals surface area contributed by atoms with E-state index < -0.39 is 10.9 Å². The van der Waals surface area contributed by atoms with Crippen molar-refractivity contribution in [1.82, 2.24) is 0 Å². The number of nitrogens with one attached hydrogen (secondary N) is 1. The first-order valence-corrected chi connectivity index (χ1v) is 6.72. The number of para-hydroxylation sites is 1. The number of benzene rings is 1. The summed E-state index contributed by atoms with van der Waals surface area (Å²) in [5.74, 6) is -1.16. The van der Waals surface area contributed by atoms with Gasteiger partial charge in [0.15, 0.2) is 0 Å². The van der Waals surface area contributed by atoms with Crippen molar-refractivity contribution in [2.45, 2.75) is 44.6 Å². The highest BCUT2D eigenvalue weighted by molar-refractivity contribution is 5.97. The standard InChI is InChI=1S/C14H18N2O4/c1-14(8-3-2-4-9-14)15-12-10(13(17)18)6-5-7-11(12)16(19)20/h5-7,15H,2-4,8-9H2,1H3,(H,17,18). The van der Waals surface area contributed by atoms with Crippen molar-refractivity contribution in [2.24, 2.45) is 0 Å². The molecule has 1 aromatic carbocycles. The summed E-state index contributed by atoms with van der Waals surface area (Å²) in [6.07, 6.45) is 5.02. The lowest BCUT2D eigenvalue weighted by atomic mass is 9.83. The van der Waals surface area contributed by atoms with E-state index in [9.17, 15) is 20.0 Å². The minimum absolute atomic E-state index is 0.0500. The van der Waals surface area contributed by atoms with E-state index in [1.165, 1.54) is 18.2 Å². The zero-order valence-electron chi connectivity index (χ0n) is 11.4. The number of nitro benzene ring substituents is 1. The zero-order chi connectivity index (χ0) is 14.8. The van der Waals surface area contributed by atoms with Crippen LogP contribution in [-0.2, 0) is 0 Å². The van der Waals surface area contributed by atoms with Gasteiger partial charge in [-0.25, -0.2) is 4.79 Å². The normalized spacial score (nSPS) is 17.4. The largest absolute Gasteiger partial charge is 0.478 e. The van der Waals surface area contributed by atoms with Gasteiger partial charge in [-0.3, -0.25) is 10.1 Å². The van der Waals surface area contributed by atoms with Gasteiger partial charge in [-0.1, -0.05) is 25.3 Å². The molecule has 0 unspecified atom stereocenters. The van der Waals surface area contributed by atoms with E-state index in [0.717, 1.165) is 32.1 Å². The topological polar surface area (TPSA) is 92.5 Å². The Morgan fingerprint density at radius 1 is 1.35 bits per heavy atom. The first kappa shape index (κ1) is 14.3. The molecule has 0 spiro atoms. The Bertz CT molecular complexity index is 504. The van der Waals surface area contributed by atoms with Gasteiger partial charge in [0.05, 0.1) is 10.5 Å². The number of carbonyl (C=O) groups is 1. The number of anilines is 1. The van der Waals surface area contributed by atoms with Gasteiger partial charge >= 0.3 is 5.97 Å². The highest BCUT2D eigenvalue weighted by atomic mass is 16.6. The van der Waals surface area contributed by atoms with E-state index in [-0.39, 0.29) is 22.5 Å². The SMILES string of the molecule is CC1(Nc2c(C(=O)O)cccc2[N+](=O)[O-])CCCCC1. The fraction of sp³-hybridized carbons (Fsp3) is 0.500. The van der Waals surface area contributed by atoms with Crippen molar-refractivity contribution in [3.63, 3.8) is 0 Å². The summed E-state index contributed by atoms with van der Waals surface area (Å²) < 4.78 is 0. The maximum atomic E-state index is 11.3. The second kappa shape index (κ2) is 5.48. The van der Waals surface area contributed by atoms with Gasteiger partial charge in [-0.2, -0.15) is 0 Å². The van der Waals surface area contributed by atoms with E-state index in [0.29, 0.717) is 0 Å². The van der Waals surface area contributed by atoms with E-state index in [4.69, 9.17) is 0 Å².